The van der Waals surface area contributed by atoms with Gasteiger partial charge in [0.25, 0.3) is 0 Å². The normalized spacial score (nSPS) is 11.2. The van der Waals surface area contributed by atoms with Crippen molar-refractivity contribution in [2.24, 2.45) is 5.73 Å². The Hall–Kier alpha value is -2.78. The monoisotopic (exact) mass is 377 g/mol. The molecule has 1 aromatic carbocycles. The summed E-state index contributed by atoms with van der Waals surface area (Å²) >= 11 is 0. The molecule has 3 N–H and O–H groups in total. The summed E-state index contributed by atoms with van der Waals surface area (Å²) in [5, 5.41) is 13.2. The lowest BCUT2D eigenvalue weighted by molar-refractivity contribution is 0.556. The molecule has 2 aromatic heterocycles. The molecule has 27 heavy (non-hydrogen) atoms. The maximum absolute atomic E-state index is 5.74. The van der Waals surface area contributed by atoms with Crippen LogP contribution >= 0.6 is 9.24 Å². The predicted molar refractivity (Wildman–Crippen MR) is 116 cm³/mol. The fourth-order valence-electron chi connectivity index (χ4n) is 2.68. The molecule has 0 radical (unpaired) electrons. The number of nitrogens with zero attached hydrogens (tertiary/aromatic N) is 3. The second-order valence-corrected chi connectivity index (χ2v) is 7.82. The second-order valence-electron chi connectivity index (χ2n) is 7.15. The molecule has 0 aliphatic heterocycles. The zero-order chi connectivity index (χ0) is 19.4. The van der Waals surface area contributed by atoms with E-state index in [-0.39, 0.29) is 5.41 Å². The third-order valence-electron chi connectivity index (χ3n) is 4.47. The fraction of sp³-hybridized carbons (Fsp3) is 0.190. The van der Waals surface area contributed by atoms with Gasteiger partial charge in [-0.25, -0.2) is 0 Å². The van der Waals surface area contributed by atoms with Gasteiger partial charge in [-0.05, 0) is 29.1 Å². The first-order valence-corrected chi connectivity index (χ1v) is 9.27. The quantitative estimate of drug-likeness (QED) is 0.644. The van der Waals surface area contributed by atoms with Crippen molar-refractivity contribution in [2.75, 3.05) is 11.9 Å². The number of rotatable bonds is 6. The summed E-state index contributed by atoms with van der Waals surface area (Å²) in [6.07, 6.45) is 3.42. The van der Waals surface area contributed by atoms with Gasteiger partial charge in [0.2, 0.25) is 0 Å². The van der Waals surface area contributed by atoms with E-state index in [9.17, 15) is 0 Å². The topological polar surface area (TPSA) is 76.7 Å². The van der Waals surface area contributed by atoms with Gasteiger partial charge in [0, 0.05) is 41.2 Å². The van der Waals surface area contributed by atoms with Crippen LogP contribution in [0.1, 0.15) is 25.0 Å². The van der Waals surface area contributed by atoms with Crippen LogP contribution in [0.3, 0.4) is 0 Å². The van der Waals surface area contributed by atoms with Gasteiger partial charge in [-0.15, -0.1) is 19.4 Å². The summed E-state index contributed by atoms with van der Waals surface area (Å²) in [7, 11) is 2.71. The maximum atomic E-state index is 5.74. The molecule has 5 nitrogen and oxygen atoms in total. The van der Waals surface area contributed by atoms with E-state index in [0.717, 1.165) is 29.2 Å². The van der Waals surface area contributed by atoms with E-state index >= 15 is 0 Å². The van der Waals surface area contributed by atoms with Crippen LogP contribution in [-0.4, -0.2) is 21.7 Å². The lowest BCUT2D eigenvalue weighted by Crippen LogP contribution is -2.28. The van der Waals surface area contributed by atoms with Gasteiger partial charge in [0.05, 0.1) is 5.69 Å². The highest BCUT2D eigenvalue weighted by atomic mass is 31.0. The Bertz CT molecular complexity index is 934. The molecule has 1 unspecified atom stereocenters. The lowest BCUT2D eigenvalue weighted by atomic mass is 9.84. The van der Waals surface area contributed by atoms with E-state index in [2.05, 4.69) is 74.4 Å². The second kappa shape index (κ2) is 7.85. The van der Waals surface area contributed by atoms with Gasteiger partial charge in [-0.1, -0.05) is 44.7 Å². The van der Waals surface area contributed by atoms with E-state index in [4.69, 9.17) is 5.73 Å². The molecule has 3 aromatic rings. The minimum absolute atomic E-state index is 0.0293. The van der Waals surface area contributed by atoms with Crippen LogP contribution in [0, 0.1) is 0 Å². The molecule has 2 heterocycles. The van der Waals surface area contributed by atoms with Crippen molar-refractivity contribution >= 4 is 26.1 Å². The summed E-state index contributed by atoms with van der Waals surface area (Å²) in [6.45, 7) is 8.90. The predicted octanol–water partition coefficient (Wildman–Crippen LogP) is 3.36. The molecule has 6 heteroatoms. The SMILES string of the molecule is C=C(N)c1cncc(-c2ccc(NCC(C)(C)c3ccc(P)cc3)nn2)c1. The molecule has 0 saturated carbocycles. The third kappa shape index (κ3) is 4.69. The van der Waals surface area contributed by atoms with Gasteiger partial charge in [-0.3, -0.25) is 4.98 Å². The maximum Gasteiger partial charge on any atom is 0.148 e. The Morgan fingerprint density at radius 2 is 1.85 bits per heavy atom. The van der Waals surface area contributed by atoms with Crippen molar-refractivity contribution in [1.82, 2.24) is 15.2 Å². The first kappa shape index (κ1) is 19.0. The molecule has 0 fully saturated rings. The standard InChI is InChI=1S/C21H24N5P/c1-14(22)15-10-16(12-23-11-15)19-8-9-20(26-25-19)24-13-21(2,3)17-4-6-18(27)7-5-17/h4-12H,1,13,22,27H2,2-3H3,(H,24,26). The Labute approximate surface area is 162 Å². The molecule has 138 valence electrons. The number of anilines is 1. The van der Waals surface area contributed by atoms with Gasteiger partial charge < -0.3 is 11.1 Å². The summed E-state index contributed by atoms with van der Waals surface area (Å²) < 4.78 is 0. The van der Waals surface area contributed by atoms with Gasteiger partial charge >= 0.3 is 0 Å². The first-order valence-electron chi connectivity index (χ1n) is 8.69. The average Bonchev–Trinajstić information content (AvgIpc) is 2.67. The van der Waals surface area contributed by atoms with E-state index in [0.29, 0.717) is 5.70 Å². The summed E-state index contributed by atoms with van der Waals surface area (Å²) in [4.78, 5) is 4.19. The Morgan fingerprint density at radius 3 is 2.48 bits per heavy atom. The zero-order valence-electron chi connectivity index (χ0n) is 15.6. The van der Waals surface area contributed by atoms with Crippen LogP contribution in [0.2, 0.25) is 0 Å². The lowest BCUT2D eigenvalue weighted by Gasteiger charge is -2.26. The number of pyridine rings is 1. The van der Waals surface area contributed by atoms with Crippen LogP contribution in [0.25, 0.3) is 17.0 Å². The zero-order valence-corrected chi connectivity index (χ0v) is 16.8. The molecule has 0 amide bonds. The Kier molecular flexibility index (Phi) is 5.52. The highest BCUT2D eigenvalue weighted by Crippen LogP contribution is 2.24. The minimum atomic E-state index is -0.0293. The van der Waals surface area contributed by atoms with E-state index in [1.54, 1.807) is 12.4 Å². The van der Waals surface area contributed by atoms with Crippen LogP contribution in [0.5, 0.6) is 0 Å². The van der Waals surface area contributed by atoms with E-state index in [1.165, 1.54) is 10.9 Å². The van der Waals surface area contributed by atoms with Gasteiger partial charge in [-0.2, -0.15) is 0 Å². The summed E-state index contributed by atoms with van der Waals surface area (Å²) in [6, 6.07) is 14.3. The number of hydrogen-bond donors (Lipinski definition) is 2. The van der Waals surface area contributed by atoms with Crippen molar-refractivity contribution in [3.8, 4) is 11.3 Å². The number of nitrogens with two attached hydrogens (primary N) is 1. The first-order chi connectivity index (χ1) is 12.8. The molecule has 0 aliphatic carbocycles. The molecule has 0 aliphatic rings. The number of nitrogens with one attached hydrogen (secondary N) is 1. The number of hydrogen-bond acceptors (Lipinski definition) is 5. The highest BCUT2D eigenvalue weighted by Gasteiger charge is 2.20. The van der Waals surface area contributed by atoms with Crippen molar-refractivity contribution in [1.29, 1.82) is 0 Å². The van der Waals surface area contributed by atoms with Crippen LogP contribution < -0.4 is 16.4 Å². The molecule has 0 spiro atoms. The molecule has 1 atom stereocenters. The van der Waals surface area contributed by atoms with Gasteiger partial charge in [0.1, 0.15) is 5.82 Å². The van der Waals surface area contributed by atoms with E-state index < -0.39 is 0 Å². The number of aromatic nitrogens is 3. The fourth-order valence-corrected chi connectivity index (χ4v) is 2.88. The van der Waals surface area contributed by atoms with Crippen molar-refractivity contribution in [3.05, 3.63) is 72.6 Å². The average molecular weight is 377 g/mol. The third-order valence-corrected chi connectivity index (χ3v) is 4.86. The van der Waals surface area contributed by atoms with E-state index in [1.807, 2.05) is 18.2 Å². The van der Waals surface area contributed by atoms with Crippen LogP contribution in [-0.2, 0) is 5.41 Å². The minimum Gasteiger partial charge on any atom is -0.399 e. The summed E-state index contributed by atoms with van der Waals surface area (Å²) in [5.41, 5.74) is 9.85. The molecular weight excluding hydrogens is 353 g/mol. The van der Waals surface area contributed by atoms with Crippen molar-refractivity contribution < 1.29 is 0 Å². The highest BCUT2D eigenvalue weighted by molar-refractivity contribution is 7.27. The van der Waals surface area contributed by atoms with Gasteiger partial charge in [0.15, 0.2) is 0 Å². The number of benzene rings is 1. The van der Waals surface area contributed by atoms with Crippen LogP contribution in [0.4, 0.5) is 5.82 Å². The molecule has 3 rings (SSSR count). The Balaban J connectivity index is 1.70. The Morgan fingerprint density at radius 1 is 1.11 bits per heavy atom. The largest absolute Gasteiger partial charge is 0.399 e. The molecular formula is C21H24N5P. The van der Waals surface area contributed by atoms with Crippen molar-refractivity contribution in [2.45, 2.75) is 19.3 Å². The molecule has 0 saturated heterocycles. The van der Waals surface area contributed by atoms with Crippen molar-refractivity contribution in [3.63, 3.8) is 0 Å². The molecule has 0 bridgehead atoms. The summed E-state index contributed by atoms with van der Waals surface area (Å²) in [5.74, 6) is 0.738. The smallest absolute Gasteiger partial charge is 0.148 e. The van der Waals surface area contributed by atoms with Crippen LogP contribution in [0.15, 0.2) is 61.4 Å².